The summed E-state index contributed by atoms with van der Waals surface area (Å²) < 4.78 is 31.6. The van der Waals surface area contributed by atoms with Crippen molar-refractivity contribution in [2.75, 3.05) is 11.9 Å². The average Bonchev–Trinajstić information content (AvgIpc) is 3.10. The van der Waals surface area contributed by atoms with Gasteiger partial charge in [0.05, 0.1) is 11.7 Å². The molecule has 22 heavy (non-hydrogen) atoms. The van der Waals surface area contributed by atoms with E-state index in [9.17, 15) is 13.6 Å². The summed E-state index contributed by atoms with van der Waals surface area (Å²) in [5.41, 5.74) is 0.637. The van der Waals surface area contributed by atoms with E-state index in [1.807, 2.05) is 0 Å². The van der Waals surface area contributed by atoms with Crippen molar-refractivity contribution >= 4 is 11.7 Å². The van der Waals surface area contributed by atoms with Gasteiger partial charge < -0.3 is 14.7 Å². The minimum absolute atomic E-state index is 0.0478. The Hall–Kier alpha value is -2.44. The van der Waals surface area contributed by atoms with Crippen molar-refractivity contribution in [1.82, 2.24) is 10.1 Å². The quantitative estimate of drug-likeness (QED) is 0.921. The minimum Gasteiger partial charge on any atom is -0.361 e. The van der Waals surface area contributed by atoms with Crippen LogP contribution in [0.1, 0.15) is 30.3 Å². The van der Waals surface area contributed by atoms with E-state index >= 15 is 0 Å². The molecule has 1 fully saturated rings. The van der Waals surface area contributed by atoms with Gasteiger partial charge in [-0.1, -0.05) is 5.16 Å². The number of aryl methyl sites for hydroxylation is 1. The Labute approximate surface area is 125 Å². The SMILES string of the molecule is Cc1cc(C2CCCN2C(=O)Nc2ccc(F)cc2F)no1. The molecule has 2 amide bonds. The van der Waals surface area contributed by atoms with Crippen molar-refractivity contribution in [3.05, 3.63) is 47.4 Å². The molecule has 116 valence electrons. The molecule has 0 radical (unpaired) electrons. The van der Waals surface area contributed by atoms with Crippen molar-refractivity contribution in [3.63, 3.8) is 0 Å². The lowest BCUT2D eigenvalue weighted by molar-refractivity contribution is 0.204. The summed E-state index contributed by atoms with van der Waals surface area (Å²) in [6.45, 7) is 2.33. The molecule has 0 bridgehead atoms. The number of nitrogens with zero attached hydrogens (tertiary/aromatic N) is 2. The summed E-state index contributed by atoms with van der Waals surface area (Å²) in [6.07, 6.45) is 1.60. The van der Waals surface area contributed by atoms with Gasteiger partial charge in [0.25, 0.3) is 0 Å². The lowest BCUT2D eigenvalue weighted by Gasteiger charge is -2.23. The van der Waals surface area contributed by atoms with Crippen LogP contribution in [0.4, 0.5) is 19.3 Å². The zero-order valence-electron chi connectivity index (χ0n) is 12.0. The third kappa shape index (κ3) is 2.79. The fourth-order valence-corrected chi connectivity index (χ4v) is 2.64. The molecule has 5 nitrogen and oxygen atoms in total. The number of halogens is 2. The van der Waals surface area contributed by atoms with E-state index in [0.717, 1.165) is 25.0 Å². The molecule has 1 saturated heterocycles. The van der Waals surface area contributed by atoms with Crippen LogP contribution >= 0.6 is 0 Å². The molecule has 1 aliphatic heterocycles. The highest BCUT2D eigenvalue weighted by molar-refractivity contribution is 5.89. The van der Waals surface area contributed by atoms with E-state index in [0.29, 0.717) is 18.0 Å². The number of hydrogen-bond donors (Lipinski definition) is 1. The van der Waals surface area contributed by atoms with Gasteiger partial charge in [-0.3, -0.25) is 0 Å². The molecule has 7 heteroatoms. The number of amides is 2. The van der Waals surface area contributed by atoms with Crippen LogP contribution in [0.25, 0.3) is 0 Å². The highest BCUT2D eigenvalue weighted by Crippen LogP contribution is 2.32. The van der Waals surface area contributed by atoms with E-state index in [1.54, 1.807) is 17.9 Å². The lowest BCUT2D eigenvalue weighted by Crippen LogP contribution is -2.34. The molecule has 1 N–H and O–H groups in total. The Bertz CT molecular complexity index is 702. The molecule has 2 heterocycles. The summed E-state index contributed by atoms with van der Waals surface area (Å²) in [7, 11) is 0. The highest BCUT2D eigenvalue weighted by Gasteiger charge is 2.32. The summed E-state index contributed by atoms with van der Waals surface area (Å²) in [5, 5.41) is 6.42. The molecule has 1 aromatic heterocycles. The number of carbonyl (C=O) groups is 1. The van der Waals surface area contributed by atoms with Gasteiger partial charge in [-0.25, -0.2) is 13.6 Å². The number of hydrogen-bond acceptors (Lipinski definition) is 3. The summed E-state index contributed by atoms with van der Waals surface area (Å²) in [6, 6.07) is 4.19. The number of aromatic nitrogens is 1. The fourth-order valence-electron chi connectivity index (χ4n) is 2.64. The molecule has 1 aromatic carbocycles. The maximum atomic E-state index is 13.6. The maximum absolute atomic E-state index is 13.6. The van der Waals surface area contributed by atoms with Crippen LogP contribution < -0.4 is 5.32 Å². The number of benzene rings is 1. The van der Waals surface area contributed by atoms with E-state index in [4.69, 9.17) is 4.52 Å². The van der Waals surface area contributed by atoms with Gasteiger partial charge in [0.1, 0.15) is 23.1 Å². The molecule has 0 aliphatic carbocycles. The van der Waals surface area contributed by atoms with Gasteiger partial charge in [-0.2, -0.15) is 0 Å². The van der Waals surface area contributed by atoms with E-state index in [1.165, 1.54) is 6.07 Å². The van der Waals surface area contributed by atoms with Crippen LogP contribution in [0.5, 0.6) is 0 Å². The van der Waals surface area contributed by atoms with Crippen LogP contribution in [0, 0.1) is 18.6 Å². The zero-order chi connectivity index (χ0) is 15.7. The summed E-state index contributed by atoms with van der Waals surface area (Å²) in [5.74, 6) is -0.819. The molecule has 1 unspecified atom stereocenters. The van der Waals surface area contributed by atoms with Crippen LogP contribution in [0.15, 0.2) is 28.8 Å². The first-order valence-corrected chi connectivity index (χ1v) is 7.00. The topological polar surface area (TPSA) is 58.4 Å². The second kappa shape index (κ2) is 5.75. The Morgan fingerprint density at radius 2 is 2.23 bits per heavy atom. The average molecular weight is 307 g/mol. The maximum Gasteiger partial charge on any atom is 0.322 e. The van der Waals surface area contributed by atoms with Gasteiger partial charge in [0.2, 0.25) is 0 Å². The monoisotopic (exact) mass is 307 g/mol. The number of nitrogens with one attached hydrogen (secondary N) is 1. The van der Waals surface area contributed by atoms with Crippen molar-refractivity contribution in [2.45, 2.75) is 25.8 Å². The molecule has 0 saturated carbocycles. The van der Waals surface area contributed by atoms with Crippen LogP contribution in [-0.2, 0) is 0 Å². The zero-order valence-corrected chi connectivity index (χ0v) is 12.0. The number of likely N-dealkylation sites (tertiary alicyclic amines) is 1. The second-order valence-electron chi connectivity index (χ2n) is 5.27. The second-order valence-corrected chi connectivity index (χ2v) is 5.27. The first-order valence-electron chi connectivity index (χ1n) is 7.00. The number of urea groups is 1. The molecule has 1 aliphatic rings. The first kappa shape index (κ1) is 14.5. The van der Waals surface area contributed by atoms with Gasteiger partial charge in [-0.15, -0.1) is 0 Å². The van der Waals surface area contributed by atoms with Gasteiger partial charge >= 0.3 is 6.03 Å². The Morgan fingerprint density at radius 3 is 2.91 bits per heavy atom. The van der Waals surface area contributed by atoms with E-state index < -0.39 is 17.7 Å². The standard InChI is InChI=1S/C15H15F2N3O2/c1-9-7-13(19-22-9)14-3-2-6-20(14)15(21)18-12-5-4-10(16)8-11(12)17/h4-5,7-8,14H,2-3,6H2,1H3,(H,18,21). The number of anilines is 1. The van der Waals surface area contributed by atoms with Gasteiger partial charge in [0, 0.05) is 18.7 Å². The van der Waals surface area contributed by atoms with Crippen LogP contribution in [-0.4, -0.2) is 22.6 Å². The van der Waals surface area contributed by atoms with E-state index in [2.05, 4.69) is 10.5 Å². The Morgan fingerprint density at radius 1 is 1.41 bits per heavy atom. The molecule has 1 atom stereocenters. The predicted molar refractivity (Wildman–Crippen MR) is 75.3 cm³/mol. The molecule has 3 rings (SSSR count). The van der Waals surface area contributed by atoms with Crippen molar-refractivity contribution in [2.24, 2.45) is 0 Å². The van der Waals surface area contributed by atoms with Crippen LogP contribution in [0.3, 0.4) is 0 Å². The molecule has 2 aromatic rings. The minimum atomic E-state index is -0.804. The predicted octanol–water partition coefficient (Wildman–Crippen LogP) is 3.63. The summed E-state index contributed by atoms with van der Waals surface area (Å²) >= 11 is 0. The normalized spacial score (nSPS) is 17.8. The third-order valence-electron chi connectivity index (χ3n) is 3.67. The number of carbonyl (C=O) groups excluding carboxylic acids is 1. The lowest BCUT2D eigenvalue weighted by atomic mass is 10.1. The van der Waals surface area contributed by atoms with Gasteiger partial charge in [0.15, 0.2) is 0 Å². The van der Waals surface area contributed by atoms with Crippen molar-refractivity contribution in [3.8, 4) is 0 Å². The molecular formula is C15H15F2N3O2. The fraction of sp³-hybridized carbons (Fsp3) is 0.333. The Balaban J connectivity index is 1.76. The smallest absolute Gasteiger partial charge is 0.322 e. The van der Waals surface area contributed by atoms with E-state index in [-0.39, 0.29) is 11.7 Å². The van der Waals surface area contributed by atoms with Crippen LogP contribution in [0.2, 0.25) is 0 Å². The van der Waals surface area contributed by atoms with Crippen molar-refractivity contribution < 1.29 is 18.1 Å². The van der Waals surface area contributed by atoms with Crippen molar-refractivity contribution in [1.29, 1.82) is 0 Å². The van der Waals surface area contributed by atoms with Gasteiger partial charge in [-0.05, 0) is 31.9 Å². The summed E-state index contributed by atoms with van der Waals surface area (Å²) in [4.78, 5) is 13.9. The molecular weight excluding hydrogens is 292 g/mol. The largest absolute Gasteiger partial charge is 0.361 e. The number of rotatable bonds is 2. The first-order chi connectivity index (χ1) is 10.5. The Kier molecular flexibility index (Phi) is 3.79. The molecule has 0 spiro atoms. The highest BCUT2D eigenvalue weighted by atomic mass is 19.1. The third-order valence-corrected chi connectivity index (χ3v) is 3.67.